The van der Waals surface area contributed by atoms with Crippen LogP contribution in [0.5, 0.6) is 0 Å². The van der Waals surface area contributed by atoms with Crippen molar-refractivity contribution in [2.24, 2.45) is 0 Å². The second kappa shape index (κ2) is 7.78. The molecule has 0 saturated carbocycles. The second-order valence-corrected chi connectivity index (χ2v) is 5.81. The van der Waals surface area contributed by atoms with Crippen LogP contribution in [0.1, 0.15) is 33.3 Å². The number of ketones is 1. The first-order valence-electron chi connectivity index (χ1n) is 6.92. The summed E-state index contributed by atoms with van der Waals surface area (Å²) >= 11 is 0. The fourth-order valence-corrected chi connectivity index (χ4v) is 1.53. The van der Waals surface area contributed by atoms with Crippen molar-refractivity contribution >= 4 is 11.9 Å². The monoisotopic (exact) mass is 293 g/mol. The first-order chi connectivity index (χ1) is 9.78. The van der Waals surface area contributed by atoms with E-state index in [2.05, 4.69) is 5.32 Å². The molecule has 0 unspecified atom stereocenters. The summed E-state index contributed by atoms with van der Waals surface area (Å²) in [4.78, 5) is 23.4. The van der Waals surface area contributed by atoms with Gasteiger partial charge < -0.3 is 14.8 Å². The molecule has 1 atom stereocenters. The summed E-state index contributed by atoms with van der Waals surface area (Å²) in [5.41, 5.74) is 0.412. The Kier molecular flexibility index (Phi) is 6.37. The lowest BCUT2D eigenvalue weighted by Crippen LogP contribution is -2.42. The summed E-state index contributed by atoms with van der Waals surface area (Å²) in [7, 11) is 0. The lowest BCUT2D eigenvalue weighted by Gasteiger charge is -2.21. The fourth-order valence-electron chi connectivity index (χ4n) is 1.53. The number of nitrogens with one attached hydrogen (secondary N) is 1. The van der Waals surface area contributed by atoms with Gasteiger partial charge in [-0.3, -0.25) is 4.79 Å². The molecule has 0 aliphatic heterocycles. The number of amides is 1. The molecule has 0 saturated heterocycles. The van der Waals surface area contributed by atoms with Crippen LogP contribution < -0.4 is 5.32 Å². The maximum atomic E-state index is 11.8. The molecule has 21 heavy (non-hydrogen) atoms. The lowest BCUT2D eigenvalue weighted by molar-refractivity contribution is -0.125. The number of hydrogen-bond donors (Lipinski definition) is 1. The quantitative estimate of drug-likeness (QED) is 0.876. The molecule has 0 bridgehead atoms. The number of ether oxygens (including phenoxy) is 2. The number of Topliss-reactive ketones (excluding diaryl/α,β-unsaturated/α-hetero) is 1. The van der Waals surface area contributed by atoms with E-state index in [1.54, 1.807) is 27.7 Å². The van der Waals surface area contributed by atoms with Gasteiger partial charge in [0.25, 0.3) is 0 Å². The molecule has 1 aromatic carbocycles. The Morgan fingerprint density at radius 2 is 1.81 bits per heavy atom. The Bertz CT molecular complexity index is 465. The zero-order valence-electron chi connectivity index (χ0n) is 13.0. The molecule has 0 radical (unpaired) electrons. The summed E-state index contributed by atoms with van der Waals surface area (Å²) in [5, 5.41) is 2.49. The topological polar surface area (TPSA) is 64.6 Å². The van der Waals surface area contributed by atoms with Crippen LogP contribution >= 0.6 is 0 Å². The minimum absolute atomic E-state index is 0.0497. The van der Waals surface area contributed by atoms with Crippen LogP contribution in [-0.4, -0.2) is 30.1 Å². The van der Waals surface area contributed by atoms with E-state index in [0.29, 0.717) is 6.61 Å². The van der Waals surface area contributed by atoms with Crippen molar-refractivity contribution in [1.29, 1.82) is 0 Å². The van der Waals surface area contributed by atoms with Gasteiger partial charge in [-0.25, -0.2) is 4.79 Å². The smallest absolute Gasteiger partial charge is 0.408 e. The molecule has 0 aliphatic rings. The average Bonchev–Trinajstić information content (AvgIpc) is 2.37. The third-order valence-electron chi connectivity index (χ3n) is 2.57. The minimum Gasteiger partial charge on any atom is -0.444 e. The molecular formula is C16H23NO4. The Morgan fingerprint density at radius 1 is 1.19 bits per heavy atom. The van der Waals surface area contributed by atoms with E-state index in [0.717, 1.165) is 5.56 Å². The molecule has 5 heteroatoms. The number of carbonyl (C=O) groups excluding carboxylic acids is 2. The molecule has 0 fully saturated rings. The van der Waals surface area contributed by atoms with Gasteiger partial charge in [0, 0.05) is 0 Å². The van der Waals surface area contributed by atoms with Crippen molar-refractivity contribution in [1.82, 2.24) is 5.32 Å². The molecule has 5 nitrogen and oxygen atoms in total. The zero-order chi connectivity index (χ0) is 15.9. The maximum Gasteiger partial charge on any atom is 0.408 e. The summed E-state index contributed by atoms with van der Waals surface area (Å²) in [6.07, 6.45) is -0.605. The molecule has 1 amide bonds. The predicted octanol–water partition coefficient (Wildman–Crippen LogP) is 2.69. The standard InChI is InChI=1S/C16H23NO4/c1-12(17-15(19)21-16(2,3)4)14(18)11-20-10-13-8-6-5-7-9-13/h5-9,12H,10-11H2,1-4H3,(H,17,19)/t12-/m1/s1. The molecular weight excluding hydrogens is 270 g/mol. The van der Waals surface area contributed by atoms with Crippen LogP contribution in [0.2, 0.25) is 0 Å². The van der Waals surface area contributed by atoms with Crippen LogP contribution in [0.4, 0.5) is 4.79 Å². The Labute approximate surface area is 125 Å². The summed E-state index contributed by atoms with van der Waals surface area (Å²) in [5.74, 6) is -0.197. The fraction of sp³-hybridized carbons (Fsp3) is 0.500. The lowest BCUT2D eigenvalue weighted by atomic mass is 10.2. The summed E-state index contributed by atoms with van der Waals surface area (Å²) in [6, 6.07) is 8.94. The van der Waals surface area contributed by atoms with Crippen LogP contribution in [0.15, 0.2) is 30.3 Å². The van der Waals surface area contributed by atoms with E-state index < -0.39 is 17.7 Å². The molecule has 0 aliphatic carbocycles. The highest BCUT2D eigenvalue weighted by Crippen LogP contribution is 2.07. The Hall–Kier alpha value is -1.88. The first kappa shape index (κ1) is 17.2. The van der Waals surface area contributed by atoms with Gasteiger partial charge in [-0.1, -0.05) is 30.3 Å². The average molecular weight is 293 g/mol. The maximum absolute atomic E-state index is 11.8. The highest BCUT2D eigenvalue weighted by molar-refractivity contribution is 5.88. The molecule has 1 rings (SSSR count). The molecule has 1 aromatic rings. The van der Waals surface area contributed by atoms with Crippen molar-refractivity contribution in [2.75, 3.05) is 6.61 Å². The number of benzene rings is 1. The van der Waals surface area contributed by atoms with Gasteiger partial charge in [0.2, 0.25) is 0 Å². The van der Waals surface area contributed by atoms with E-state index in [1.165, 1.54) is 0 Å². The Morgan fingerprint density at radius 3 is 2.38 bits per heavy atom. The number of rotatable bonds is 6. The zero-order valence-corrected chi connectivity index (χ0v) is 13.0. The largest absolute Gasteiger partial charge is 0.444 e. The number of alkyl carbamates (subject to hydrolysis) is 1. The molecule has 0 spiro atoms. The van der Waals surface area contributed by atoms with E-state index in [1.807, 2.05) is 30.3 Å². The van der Waals surface area contributed by atoms with Crippen LogP contribution in [0.3, 0.4) is 0 Å². The normalized spacial score (nSPS) is 12.6. The van der Waals surface area contributed by atoms with E-state index in [9.17, 15) is 9.59 Å². The number of carbonyl (C=O) groups is 2. The van der Waals surface area contributed by atoms with Gasteiger partial charge >= 0.3 is 6.09 Å². The predicted molar refractivity (Wildman–Crippen MR) is 79.9 cm³/mol. The molecule has 1 N–H and O–H groups in total. The van der Waals surface area contributed by atoms with Crippen molar-refractivity contribution in [3.05, 3.63) is 35.9 Å². The van der Waals surface area contributed by atoms with E-state index in [-0.39, 0.29) is 12.4 Å². The SMILES string of the molecule is C[C@@H](NC(=O)OC(C)(C)C)C(=O)COCc1ccccc1. The van der Waals surface area contributed by atoms with Gasteiger partial charge in [0.05, 0.1) is 12.6 Å². The van der Waals surface area contributed by atoms with Crippen molar-refractivity contribution in [2.45, 2.75) is 45.9 Å². The van der Waals surface area contributed by atoms with Gasteiger partial charge in [-0.05, 0) is 33.3 Å². The Balaban J connectivity index is 2.29. The van der Waals surface area contributed by atoms with Gasteiger partial charge in [0.15, 0.2) is 5.78 Å². The van der Waals surface area contributed by atoms with Crippen LogP contribution in [0.25, 0.3) is 0 Å². The molecule has 116 valence electrons. The van der Waals surface area contributed by atoms with E-state index in [4.69, 9.17) is 9.47 Å². The van der Waals surface area contributed by atoms with Gasteiger partial charge in [-0.15, -0.1) is 0 Å². The first-order valence-corrected chi connectivity index (χ1v) is 6.92. The minimum atomic E-state index is -0.643. The third-order valence-corrected chi connectivity index (χ3v) is 2.57. The summed E-state index contributed by atoms with van der Waals surface area (Å²) in [6.45, 7) is 7.22. The highest BCUT2D eigenvalue weighted by atomic mass is 16.6. The second-order valence-electron chi connectivity index (χ2n) is 5.81. The highest BCUT2D eigenvalue weighted by Gasteiger charge is 2.20. The van der Waals surface area contributed by atoms with E-state index >= 15 is 0 Å². The van der Waals surface area contributed by atoms with Crippen molar-refractivity contribution in [3.8, 4) is 0 Å². The molecule has 0 heterocycles. The van der Waals surface area contributed by atoms with Crippen molar-refractivity contribution < 1.29 is 19.1 Å². The van der Waals surface area contributed by atoms with Crippen LogP contribution in [0, 0.1) is 0 Å². The summed E-state index contributed by atoms with van der Waals surface area (Å²) < 4.78 is 10.4. The number of hydrogen-bond acceptors (Lipinski definition) is 4. The van der Waals surface area contributed by atoms with Crippen molar-refractivity contribution in [3.63, 3.8) is 0 Å². The van der Waals surface area contributed by atoms with Gasteiger partial charge in [-0.2, -0.15) is 0 Å². The van der Waals surface area contributed by atoms with Crippen LogP contribution in [-0.2, 0) is 20.9 Å². The van der Waals surface area contributed by atoms with Gasteiger partial charge in [0.1, 0.15) is 12.2 Å². The molecule has 0 aromatic heterocycles. The third kappa shape index (κ3) is 7.46.